The van der Waals surface area contributed by atoms with Crippen molar-refractivity contribution in [2.45, 2.75) is 37.7 Å². The van der Waals surface area contributed by atoms with Crippen molar-refractivity contribution in [2.24, 2.45) is 0 Å². The Bertz CT molecular complexity index is 482. The summed E-state index contributed by atoms with van der Waals surface area (Å²) in [6.07, 6.45) is 1.34. The Morgan fingerprint density at radius 3 is 2.45 bits per heavy atom. The van der Waals surface area contributed by atoms with Gasteiger partial charge in [-0.2, -0.15) is 11.8 Å². The summed E-state index contributed by atoms with van der Waals surface area (Å²) >= 11 is 1.70. The van der Waals surface area contributed by atoms with Gasteiger partial charge in [0, 0.05) is 11.8 Å². The average molecular weight is 332 g/mol. The second-order valence-corrected chi connectivity index (χ2v) is 6.38. The molecule has 0 aliphatic heterocycles. The van der Waals surface area contributed by atoms with E-state index >= 15 is 0 Å². The Morgan fingerprint density at radius 2 is 1.91 bits per heavy atom. The van der Waals surface area contributed by atoms with Crippen LogP contribution in [0.15, 0.2) is 18.2 Å². The second-order valence-electron chi connectivity index (χ2n) is 5.10. The molecule has 0 saturated heterocycles. The normalized spacial score (nSPS) is 15.0. The fourth-order valence-electron chi connectivity index (χ4n) is 1.89. The Labute approximate surface area is 133 Å². The van der Waals surface area contributed by atoms with Gasteiger partial charge in [0.15, 0.2) is 0 Å². The molecule has 0 fully saturated rings. The van der Waals surface area contributed by atoms with Gasteiger partial charge in [0.1, 0.15) is 17.7 Å². The number of aliphatic hydroxyl groups is 1. The van der Waals surface area contributed by atoms with E-state index in [1.807, 2.05) is 6.26 Å². The summed E-state index contributed by atoms with van der Waals surface area (Å²) in [5.41, 5.74) is -0.439. The van der Waals surface area contributed by atoms with Gasteiger partial charge in [-0.15, -0.1) is 0 Å². The van der Waals surface area contributed by atoms with Gasteiger partial charge in [-0.25, -0.2) is 13.6 Å². The molecule has 3 N–H and O–H groups in total. The van der Waals surface area contributed by atoms with E-state index in [1.54, 1.807) is 11.8 Å². The summed E-state index contributed by atoms with van der Waals surface area (Å²) in [6.45, 7) is 4.03. The molecule has 4 nitrogen and oxygen atoms in total. The molecule has 7 heteroatoms. The molecule has 0 radical (unpaired) electrons. The zero-order valence-corrected chi connectivity index (χ0v) is 13.7. The number of urea groups is 1. The van der Waals surface area contributed by atoms with Gasteiger partial charge in [-0.1, -0.05) is 13.0 Å². The number of carbonyl (C=O) groups excluding carboxylic acids is 1. The molecule has 1 rings (SSSR count). The molecule has 2 amide bonds. The Balaban J connectivity index is 2.54. The largest absolute Gasteiger partial charge is 0.386 e. The summed E-state index contributed by atoms with van der Waals surface area (Å²) in [4.78, 5) is 11.7. The van der Waals surface area contributed by atoms with Gasteiger partial charge < -0.3 is 15.7 Å². The lowest BCUT2D eigenvalue weighted by Gasteiger charge is -2.22. The minimum atomic E-state index is -1.46. The van der Waals surface area contributed by atoms with E-state index in [9.17, 15) is 18.7 Å². The van der Waals surface area contributed by atoms with Gasteiger partial charge in [0.25, 0.3) is 0 Å². The highest BCUT2D eigenvalue weighted by molar-refractivity contribution is 7.99. The number of hydrogen-bond acceptors (Lipinski definition) is 3. The number of amides is 2. The Hall–Kier alpha value is -1.34. The van der Waals surface area contributed by atoms with Gasteiger partial charge in [0.05, 0.1) is 11.6 Å². The number of hydrogen-bond donors (Lipinski definition) is 3. The molecule has 22 heavy (non-hydrogen) atoms. The molecule has 124 valence electrons. The van der Waals surface area contributed by atoms with Crippen molar-refractivity contribution in [3.05, 3.63) is 35.4 Å². The van der Waals surface area contributed by atoms with E-state index in [2.05, 4.69) is 17.6 Å². The number of nitrogens with one attached hydrogen (secondary N) is 2. The lowest BCUT2D eigenvalue weighted by Crippen LogP contribution is -2.44. The molecule has 1 aromatic rings. The summed E-state index contributed by atoms with van der Waals surface area (Å²) in [5, 5.41) is 15.6. The van der Waals surface area contributed by atoms with Crippen LogP contribution in [-0.2, 0) is 0 Å². The first kappa shape index (κ1) is 18.7. The minimum absolute atomic E-state index is 0.427. The van der Waals surface area contributed by atoms with Crippen molar-refractivity contribution < 1.29 is 18.7 Å². The van der Waals surface area contributed by atoms with Gasteiger partial charge in [-0.05, 0) is 31.7 Å². The Kier molecular flexibility index (Phi) is 7.61. The predicted octanol–water partition coefficient (Wildman–Crippen LogP) is 2.83. The molecule has 0 aliphatic rings. The van der Waals surface area contributed by atoms with Crippen LogP contribution in [0.4, 0.5) is 13.6 Å². The highest BCUT2D eigenvalue weighted by Gasteiger charge is 2.24. The molecule has 3 atom stereocenters. The van der Waals surface area contributed by atoms with Crippen LogP contribution in [0.5, 0.6) is 0 Å². The van der Waals surface area contributed by atoms with E-state index in [0.717, 1.165) is 18.6 Å². The first-order chi connectivity index (χ1) is 10.4. The standard InChI is InChI=1S/C15H22F2N2O2S/c1-9(22-3)7-8-18-15(21)19-10(2)14(20)13-11(16)5-4-6-12(13)17/h4-6,9-10,14,20H,7-8H2,1-3H3,(H2,18,19,21). The van der Waals surface area contributed by atoms with E-state index in [1.165, 1.54) is 13.0 Å². The number of carbonyl (C=O) groups is 1. The second kappa shape index (κ2) is 8.95. The van der Waals surface area contributed by atoms with Crippen LogP contribution in [0.3, 0.4) is 0 Å². The van der Waals surface area contributed by atoms with Crippen LogP contribution < -0.4 is 10.6 Å². The van der Waals surface area contributed by atoms with Crippen LogP contribution in [0.25, 0.3) is 0 Å². The summed E-state index contributed by atoms with van der Waals surface area (Å²) in [7, 11) is 0. The van der Waals surface area contributed by atoms with Crippen molar-refractivity contribution in [2.75, 3.05) is 12.8 Å². The third kappa shape index (κ3) is 5.46. The first-order valence-corrected chi connectivity index (χ1v) is 8.34. The third-order valence-corrected chi connectivity index (χ3v) is 4.41. The maximum absolute atomic E-state index is 13.6. The first-order valence-electron chi connectivity index (χ1n) is 7.06. The predicted molar refractivity (Wildman–Crippen MR) is 84.9 cm³/mol. The van der Waals surface area contributed by atoms with E-state index in [4.69, 9.17) is 0 Å². The molecular weight excluding hydrogens is 310 g/mol. The fourth-order valence-corrected chi connectivity index (χ4v) is 2.24. The number of halogens is 2. The van der Waals surface area contributed by atoms with Crippen LogP contribution in [0.1, 0.15) is 31.9 Å². The highest BCUT2D eigenvalue weighted by atomic mass is 32.2. The quantitative estimate of drug-likeness (QED) is 0.719. The monoisotopic (exact) mass is 332 g/mol. The van der Waals surface area contributed by atoms with Gasteiger partial charge in [-0.3, -0.25) is 0 Å². The lowest BCUT2D eigenvalue weighted by molar-refractivity contribution is 0.129. The zero-order valence-electron chi connectivity index (χ0n) is 12.9. The smallest absolute Gasteiger partial charge is 0.315 e. The number of rotatable bonds is 7. The summed E-state index contributed by atoms with van der Waals surface area (Å²) < 4.78 is 27.2. The third-order valence-electron chi connectivity index (χ3n) is 3.37. The van der Waals surface area contributed by atoms with E-state index < -0.39 is 35.4 Å². The lowest BCUT2D eigenvalue weighted by atomic mass is 10.0. The van der Waals surface area contributed by atoms with Crippen LogP contribution >= 0.6 is 11.8 Å². The summed E-state index contributed by atoms with van der Waals surface area (Å²) in [5.74, 6) is -1.68. The number of aliphatic hydroxyl groups excluding tert-OH is 1. The van der Waals surface area contributed by atoms with Gasteiger partial charge >= 0.3 is 6.03 Å². The van der Waals surface area contributed by atoms with E-state index in [-0.39, 0.29) is 0 Å². The molecule has 0 aromatic heterocycles. The minimum Gasteiger partial charge on any atom is -0.386 e. The average Bonchev–Trinajstić information content (AvgIpc) is 2.46. The zero-order chi connectivity index (χ0) is 16.7. The maximum Gasteiger partial charge on any atom is 0.315 e. The number of thioether (sulfide) groups is 1. The topological polar surface area (TPSA) is 61.4 Å². The molecule has 0 saturated carbocycles. The van der Waals surface area contributed by atoms with Crippen molar-refractivity contribution in [1.29, 1.82) is 0 Å². The van der Waals surface area contributed by atoms with Crippen LogP contribution in [0.2, 0.25) is 0 Å². The molecule has 0 bridgehead atoms. The van der Waals surface area contributed by atoms with Crippen molar-refractivity contribution in [1.82, 2.24) is 10.6 Å². The highest BCUT2D eigenvalue weighted by Crippen LogP contribution is 2.23. The van der Waals surface area contributed by atoms with Crippen LogP contribution in [-0.4, -0.2) is 35.2 Å². The Morgan fingerprint density at radius 1 is 1.32 bits per heavy atom. The molecular formula is C15H22F2N2O2S. The van der Waals surface area contributed by atoms with Crippen LogP contribution in [0, 0.1) is 11.6 Å². The van der Waals surface area contributed by atoms with Crippen molar-refractivity contribution >= 4 is 17.8 Å². The molecule has 0 spiro atoms. The summed E-state index contributed by atoms with van der Waals surface area (Å²) in [6, 6.07) is 2.05. The van der Waals surface area contributed by atoms with E-state index in [0.29, 0.717) is 11.8 Å². The molecule has 1 aromatic carbocycles. The van der Waals surface area contributed by atoms with Gasteiger partial charge in [0.2, 0.25) is 0 Å². The fraction of sp³-hybridized carbons (Fsp3) is 0.533. The van der Waals surface area contributed by atoms with Crippen molar-refractivity contribution in [3.63, 3.8) is 0 Å². The number of benzene rings is 1. The SMILES string of the molecule is CSC(C)CCNC(=O)NC(C)C(O)c1c(F)cccc1F. The molecule has 3 unspecified atom stereocenters. The molecule has 0 aliphatic carbocycles. The maximum atomic E-state index is 13.6. The molecule has 0 heterocycles. The van der Waals surface area contributed by atoms with Crippen molar-refractivity contribution in [3.8, 4) is 0 Å².